The topological polar surface area (TPSA) is 20.3 Å². The molecular formula is C9H7BrNOSe. The molecule has 0 aliphatic carbocycles. The van der Waals surface area contributed by atoms with Gasteiger partial charge < -0.3 is 0 Å². The Balaban J connectivity index is 2.50. The van der Waals surface area contributed by atoms with Gasteiger partial charge in [-0.1, -0.05) is 0 Å². The zero-order valence-electron chi connectivity index (χ0n) is 6.79. The van der Waals surface area contributed by atoms with Crippen LogP contribution in [0.25, 0.3) is 0 Å². The SMILES string of the molecule is O=C1c2ccc(Br)cc2CCN1[Se]. The summed E-state index contributed by atoms with van der Waals surface area (Å²) in [4.78, 5) is 11.6. The fraction of sp³-hybridized carbons (Fsp3) is 0.222. The van der Waals surface area contributed by atoms with Crippen molar-refractivity contribution in [3.05, 3.63) is 33.8 Å². The van der Waals surface area contributed by atoms with Gasteiger partial charge in [-0.15, -0.1) is 0 Å². The van der Waals surface area contributed by atoms with Crippen LogP contribution < -0.4 is 0 Å². The van der Waals surface area contributed by atoms with E-state index in [2.05, 4.69) is 32.2 Å². The number of hydrogen-bond acceptors (Lipinski definition) is 1. The second kappa shape index (κ2) is 3.45. The summed E-state index contributed by atoms with van der Waals surface area (Å²) in [6, 6.07) is 5.78. The molecule has 2 rings (SSSR count). The molecule has 2 nitrogen and oxygen atoms in total. The number of benzene rings is 1. The molecule has 1 heterocycles. The van der Waals surface area contributed by atoms with Crippen LogP contribution in [-0.4, -0.2) is 32.6 Å². The van der Waals surface area contributed by atoms with E-state index < -0.39 is 0 Å². The number of fused-ring (bicyclic) bond motifs is 1. The first-order valence-corrected chi connectivity index (χ1v) is 5.52. The summed E-state index contributed by atoms with van der Waals surface area (Å²) in [6.07, 6.45) is 0.924. The molecule has 0 N–H and O–H groups in total. The molecule has 0 saturated heterocycles. The first kappa shape index (κ1) is 9.25. The Morgan fingerprint density at radius 1 is 1.46 bits per heavy atom. The van der Waals surface area contributed by atoms with Crippen LogP contribution in [0.2, 0.25) is 0 Å². The predicted molar refractivity (Wildman–Crippen MR) is 54.6 cm³/mol. The first-order chi connectivity index (χ1) is 6.18. The molecule has 1 amide bonds. The summed E-state index contributed by atoms with van der Waals surface area (Å²) >= 11 is 6.15. The number of carbonyl (C=O) groups is 1. The van der Waals surface area contributed by atoms with Gasteiger partial charge in [-0.3, -0.25) is 0 Å². The van der Waals surface area contributed by atoms with Crippen molar-refractivity contribution >= 4 is 38.1 Å². The first-order valence-electron chi connectivity index (χ1n) is 3.96. The number of halogens is 1. The van der Waals surface area contributed by atoms with E-state index in [9.17, 15) is 4.79 Å². The third-order valence-corrected chi connectivity index (χ3v) is 3.33. The Kier molecular flexibility index (Phi) is 2.45. The third-order valence-electron chi connectivity index (χ3n) is 2.11. The van der Waals surface area contributed by atoms with Crippen LogP contribution in [0, 0.1) is 0 Å². The van der Waals surface area contributed by atoms with E-state index >= 15 is 0 Å². The number of rotatable bonds is 0. The van der Waals surface area contributed by atoms with Crippen molar-refractivity contribution in [1.29, 1.82) is 0 Å². The molecule has 0 aromatic heterocycles. The summed E-state index contributed by atoms with van der Waals surface area (Å²) in [5, 5.41) is 0. The summed E-state index contributed by atoms with van der Waals surface area (Å²) in [5.41, 5.74) is 1.94. The summed E-state index contributed by atoms with van der Waals surface area (Å²) in [7, 11) is 0. The van der Waals surface area contributed by atoms with Gasteiger partial charge in [-0.05, 0) is 0 Å². The standard InChI is InChI=1S/C9H7BrNOSe/c10-7-1-2-8-6(5-7)3-4-11(13)9(8)12/h1-2,5H,3-4H2. The van der Waals surface area contributed by atoms with Gasteiger partial charge in [0.05, 0.1) is 0 Å². The quantitative estimate of drug-likeness (QED) is 0.666. The van der Waals surface area contributed by atoms with E-state index in [0.29, 0.717) is 0 Å². The molecular weight excluding hydrogens is 297 g/mol. The minimum absolute atomic E-state index is 0.0775. The molecule has 4 heteroatoms. The molecule has 1 aliphatic heterocycles. The molecule has 0 bridgehead atoms. The van der Waals surface area contributed by atoms with Crippen molar-refractivity contribution in [2.24, 2.45) is 0 Å². The molecule has 1 radical (unpaired) electrons. The van der Waals surface area contributed by atoms with Crippen molar-refractivity contribution in [3.8, 4) is 0 Å². The third kappa shape index (κ3) is 1.66. The van der Waals surface area contributed by atoms with Gasteiger partial charge in [-0.2, -0.15) is 0 Å². The molecule has 67 valence electrons. The fourth-order valence-corrected chi connectivity index (χ4v) is 2.24. The number of hydrogen-bond donors (Lipinski definition) is 0. The van der Waals surface area contributed by atoms with Crippen LogP contribution in [-0.2, 0) is 6.42 Å². The molecule has 1 aliphatic rings. The van der Waals surface area contributed by atoms with Crippen molar-refractivity contribution in [3.63, 3.8) is 0 Å². The Morgan fingerprint density at radius 3 is 3.00 bits per heavy atom. The Bertz CT molecular complexity index is 367. The van der Waals surface area contributed by atoms with Gasteiger partial charge in [0, 0.05) is 0 Å². The van der Waals surface area contributed by atoms with Crippen molar-refractivity contribution < 1.29 is 4.79 Å². The van der Waals surface area contributed by atoms with Crippen LogP contribution in [0.5, 0.6) is 0 Å². The molecule has 0 atom stereocenters. The molecule has 1 aromatic rings. The van der Waals surface area contributed by atoms with Crippen molar-refractivity contribution in [2.75, 3.05) is 6.54 Å². The van der Waals surface area contributed by atoms with Crippen LogP contribution in [0.15, 0.2) is 22.7 Å². The number of carbonyl (C=O) groups excluding carboxylic acids is 1. The molecule has 0 saturated carbocycles. The van der Waals surface area contributed by atoms with Gasteiger partial charge in [0.25, 0.3) is 0 Å². The zero-order chi connectivity index (χ0) is 9.42. The maximum absolute atomic E-state index is 11.6. The van der Waals surface area contributed by atoms with Gasteiger partial charge in [0.2, 0.25) is 0 Å². The second-order valence-electron chi connectivity index (χ2n) is 2.96. The van der Waals surface area contributed by atoms with Crippen LogP contribution >= 0.6 is 15.9 Å². The predicted octanol–water partition coefficient (Wildman–Crippen LogP) is 1.53. The normalized spacial score (nSPS) is 15.8. The van der Waals surface area contributed by atoms with E-state index in [1.54, 1.807) is 3.92 Å². The van der Waals surface area contributed by atoms with Crippen LogP contribution in [0.4, 0.5) is 0 Å². The monoisotopic (exact) mass is 304 g/mol. The minimum atomic E-state index is 0.0775. The van der Waals surface area contributed by atoms with Gasteiger partial charge in [-0.25, -0.2) is 0 Å². The molecule has 1 aromatic carbocycles. The van der Waals surface area contributed by atoms with Crippen LogP contribution in [0.1, 0.15) is 15.9 Å². The van der Waals surface area contributed by atoms with Gasteiger partial charge in [0.15, 0.2) is 0 Å². The van der Waals surface area contributed by atoms with E-state index in [1.807, 2.05) is 18.2 Å². The summed E-state index contributed by atoms with van der Waals surface area (Å²) in [6.45, 7) is 0.766. The summed E-state index contributed by atoms with van der Waals surface area (Å²) in [5.74, 6) is 0.0775. The molecule has 0 fully saturated rings. The molecule has 0 spiro atoms. The van der Waals surface area contributed by atoms with Gasteiger partial charge in [0.1, 0.15) is 0 Å². The van der Waals surface area contributed by atoms with E-state index in [-0.39, 0.29) is 5.91 Å². The van der Waals surface area contributed by atoms with Crippen LogP contribution in [0.3, 0.4) is 0 Å². The average molecular weight is 304 g/mol. The van der Waals surface area contributed by atoms with Gasteiger partial charge >= 0.3 is 93.5 Å². The second-order valence-corrected chi connectivity index (χ2v) is 4.80. The van der Waals surface area contributed by atoms with Crippen molar-refractivity contribution in [1.82, 2.24) is 3.92 Å². The van der Waals surface area contributed by atoms with E-state index in [4.69, 9.17) is 0 Å². The Labute approximate surface area is 93.5 Å². The fourth-order valence-electron chi connectivity index (χ4n) is 1.44. The number of nitrogens with zero attached hydrogens (tertiary/aromatic N) is 1. The van der Waals surface area contributed by atoms with E-state index in [0.717, 1.165) is 28.6 Å². The van der Waals surface area contributed by atoms with E-state index in [1.165, 1.54) is 0 Å². The molecule has 13 heavy (non-hydrogen) atoms. The molecule has 0 unspecified atom stereocenters. The number of amides is 1. The Morgan fingerprint density at radius 2 is 2.23 bits per heavy atom. The zero-order valence-corrected chi connectivity index (χ0v) is 10.1. The average Bonchev–Trinajstić information content (AvgIpc) is 2.12. The summed E-state index contributed by atoms with van der Waals surface area (Å²) < 4.78 is 2.67. The maximum atomic E-state index is 11.6. The Hall–Kier alpha value is -0.311. The van der Waals surface area contributed by atoms with Crippen molar-refractivity contribution in [2.45, 2.75) is 6.42 Å².